The second-order valence-electron chi connectivity index (χ2n) is 3.96. The van der Waals surface area contributed by atoms with Crippen LogP contribution < -0.4 is 11.1 Å². The molecule has 1 fully saturated rings. The van der Waals surface area contributed by atoms with Gasteiger partial charge < -0.3 is 20.7 Å². The van der Waals surface area contributed by atoms with Crippen molar-refractivity contribution in [2.24, 2.45) is 5.73 Å². The second kappa shape index (κ2) is 6.32. The Bertz CT molecular complexity index is 251. The molecule has 4 N–H and O–H groups in total. The van der Waals surface area contributed by atoms with E-state index in [1.807, 2.05) is 6.92 Å². The van der Waals surface area contributed by atoms with Gasteiger partial charge in [0.1, 0.15) is 5.84 Å². The first-order chi connectivity index (χ1) is 7.63. The Morgan fingerprint density at radius 2 is 2.44 bits per heavy atom. The molecule has 0 saturated carbocycles. The number of hydrogen-bond donors (Lipinski definition) is 3. The van der Waals surface area contributed by atoms with Gasteiger partial charge in [-0.25, -0.2) is 4.79 Å². The summed E-state index contributed by atoms with van der Waals surface area (Å²) in [7, 11) is 0. The number of amides is 2. The van der Waals surface area contributed by atoms with E-state index in [9.17, 15) is 4.79 Å². The first-order valence-electron chi connectivity index (χ1n) is 5.59. The maximum atomic E-state index is 11.8. The van der Waals surface area contributed by atoms with Gasteiger partial charge in [-0.3, -0.25) is 5.41 Å². The summed E-state index contributed by atoms with van der Waals surface area (Å²) in [5.41, 5.74) is 5.31. The van der Waals surface area contributed by atoms with Crippen molar-refractivity contribution in [2.45, 2.75) is 25.8 Å². The molecule has 1 atom stereocenters. The van der Waals surface area contributed by atoms with Crippen LogP contribution in [0.4, 0.5) is 4.79 Å². The predicted octanol–water partition coefficient (Wildman–Crippen LogP) is 0.133. The number of ether oxygens (including phenoxy) is 1. The van der Waals surface area contributed by atoms with Crippen LogP contribution in [0.25, 0.3) is 0 Å². The smallest absolute Gasteiger partial charge is 0.318 e. The second-order valence-corrected chi connectivity index (χ2v) is 3.96. The number of nitrogens with zero attached hydrogens (tertiary/aromatic N) is 1. The molecule has 1 aliphatic heterocycles. The first-order valence-corrected chi connectivity index (χ1v) is 5.59. The molecular weight excluding hydrogens is 208 g/mol. The Balaban J connectivity index is 2.42. The lowest BCUT2D eigenvalue weighted by Gasteiger charge is -2.23. The molecule has 1 rings (SSSR count). The molecule has 0 aromatic rings. The topological polar surface area (TPSA) is 91.4 Å². The van der Waals surface area contributed by atoms with E-state index < -0.39 is 0 Å². The van der Waals surface area contributed by atoms with Crippen molar-refractivity contribution in [3.63, 3.8) is 0 Å². The summed E-state index contributed by atoms with van der Waals surface area (Å²) < 4.78 is 5.18. The Labute approximate surface area is 95.6 Å². The van der Waals surface area contributed by atoms with Crippen LogP contribution in [0.2, 0.25) is 0 Å². The van der Waals surface area contributed by atoms with Gasteiger partial charge in [-0.2, -0.15) is 0 Å². The number of carbonyl (C=O) groups excluding carboxylic acids is 1. The summed E-state index contributed by atoms with van der Waals surface area (Å²) in [6.45, 7) is 4.06. The number of nitrogens with one attached hydrogen (secondary N) is 2. The van der Waals surface area contributed by atoms with E-state index in [0.717, 1.165) is 12.8 Å². The molecule has 1 unspecified atom stereocenters. The summed E-state index contributed by atoms with van der Waals surface area (Å²) in [5.74, 6) is 0.00581. The Kier molecular flexibility index (Phi) is 5.04. The average Bonchev–Trinajstić information content (AvgIpc) is 2.69. The maximum Gasteiger partial charge on any atom is 0.318 e. The fourth-order valence-electron chi connectivity index (χ4n) is 1.64. The molecule has 16 heavy (non-hydrogen) atoms. The van der Waals surface area contributed by atoms with Gasteiger partial charge >= 0.3 is 6.03 Å². The van der Waals surface area contributed by atoms with Gasteiger partial charge in [-0.05, 0) is 12.8 Å². The third-order valence-electron chi connectivity index (χ3n) is 2.40. The van der Waals surface area contributed by atoms with Crippen LogP contribution in [-0.4, -0.2) is 49.1 Å². The van der Waals surface area contributed by atoms with Gasteiger partial charge in [0.25, 0.3) is 0 Å². The first kappa shape index (κ1) is 12.8. The lowest BCUT2D eigenvalue weighted by Crippen LogP contribution is -2.48. The summed E-state index contributed by atoms with van der Waals surface area (Å²) >= 11 is 0. The van der Waals surface area contributed by atoms with Gasteiger partial charge in [0.05, 0.1) is 19.2 Å². The van der Waals surface area contributed by atoms with Crippen LogP contribution in [0.1, 0.15) is 19.8 Å². The van der Waals surface area contributed by atoms with Crippen molar-refractivity contribution >= 4 is 11.9 Å². The third-order valence-corrected chi connectivity index (χ3v) is 2.40. The molecule has 2 amide bonds. The molecule has 1 aliphatic rings. The fourth-order valence-corrected chi connectivity index (χ4v) is 1.64. The molecule has 0 aliphatic carbocycles. The number of carbonyl (C=O) groups is 1. The van der Waals surface area contributed by atoms with Crippen molar-refractivity contribution < 1.29 is 9.53 Å². The molecule has 0 aromatic heterocycles. The minimum atomic E-state index is -0.160. The number of hydrogen-bond acceptors (Lipinski definition) is 3. The quantitative estimate of drug-likeness (QED) is 0.461. The van der Waals surface area contributed by atoms with Gasteiger partial charge in [-0.1, -0.05) is 6.92 Å². The SMILES string of the molecule is CCCN(CC(=N)N)C(=O)NC1CCOC1. The summed E-state index contributed by atoms with van der Waals surface area (Å²) in [6.07, 6.45) is 1.70. The number of amidine groups is 1. The Hall–Kier alpha value is -1.30. The van der Waals surface area contributed by atoms with Gasteiger partial charge in [0.2, 0.25) is 0 Å². The normalized spacial score (nSPS) is 19.4. The van der Waals surface area contributed by atoms with Crippen molar-refractivity contribution in [1.82, 2.24) is 10.2 Å². The maximum absolute atomic E-state index is 11.8. The van der Waals surface area contributed by atoms with Crippen molar-refractivity contribution in [3.05, 3.63) is 0 Å². The van der Waals surface area contributed by atoms with E-state index in [1.165, 1.54) is 0 Å². The van der Waals surface area contributed by atoms with Gasteiger partial charge in [0.15, 0.2) is 0 Å². The fraction of sp³-hybridized carbons (Fsp3) is 0.800. The van der Waals surface area contributed by atoms with E-state index in [1.54, 1.807) is 4.90 Å². The van der Waals surface area contributed by atoms with E-state index in [2.05, 4.69) is 5.32 Å². The average molecular weight is 228 g/mol. The number of nitrogens with two attached hydrogens (primary N) is 1. The molecule has 6 nitrogen and oxygen atoms in total. The largest absolute Gasteiger partial charge is 0.386 e. The zero-order valence-corrected chi connectivity index (χ0v) is 9.66. The van der Waals surface area contributed by atoms with Crippen LogP contribution in [0.5, 0.6) is 0 Å². The highest BCUT2D eigenvalue weighted by Gasteiger charge is 2.21. The van der Waals surface area contributed by atoms with Crippen molar-refractivity contribution in [2.75, 3.05) is 26.3 Å². The standard InChI is InChI=1S/C10H20N4O2/c1-2-4-14(6-9(11)12)10(15)13-8-3-5-16-7-8/h8H,2-7H2,1H3,(H3,11,12)(H,13,15). The summed E-state index contributed by atoms with van der Waals surface area (Å²) in [4.78, 5) is 13.4. The van der Waals surface area contributed by atoms with Crippen LogP contribution in [-0.2, 0) is 4.74 Å². The zero-order chi connectivity index (χ0) is 12.0. The summed E-state index contributed by atoms with van der Waals surface area (Å²) in [6, 6.07) is -0.0636. The molecule has 1 saturated heterocycles. The molecule has 92 valence electrons. The van der Waals surface area contributed by atoms with E-state index >= 15 is 0 Å². The molecule has 0 bridgehead atoms. The van der Waals surface area contributed by atoms with Gasteiger partial charge in [0, 0.05) is 13.2 Å². The molecule has 1 heterocycles. The third kappa shape index (κ3) is 4.06. The van der Waals surface area contributed by atoms with Crippen molar-refractivity contribution in [3.8, 4) is 0 Å². The van der Waals surface area contributed by atoms with Crippen LogP contribution in [0, 0.1) is 5.41 Å². The van der Waals surface area contributed by atoms with E-state index in [-0.39, 0.29) is 24.5 Å². The molecule has 0 aromatic carbocycles. The van der Waals surface area contributed by atoms with Crippen LogP contribution in [0.3, 0.4) is 0 Å². The van der Waals surface area contributed by atoms with Crippen LogP contribution in [0.15, 0.2) is 0 Å². The highest BCUT2D eigenvalue weighted by molar-refractivity contribution is 5.84. The monoisotopic (exact) mass is 228 g/mol. The summed E-state index contributed by atoms with van der Waals surface area (Å²) in [5, 5.41) is 10.1. The predicted molar refractivity (Wildman–Crippen MR) is 61.5 cm³/mol. The zero-order valence-electron chi connectivity index (χ0n) is 9.66. The number of rotatable bonds is 5. The number of urea groups is 1. The molecular formula is C10H20N4O2. The van der Waals surface area contributed by atoms with Crippen molar-refractivity contribution in [1.29, 1.82) is 5.41 Å². The lowest BCUT2D eigenvalue weighted by atomic mass is 10.3. The van der Waals surface area contributed by atoms with E-state index in [0.29, 0.717) is 19.8 Å². The Morgan fingerprint density at radius 1 is 1.69 bits per heavy atom. The van der Waals surface area contributed by atoms with E-state index in [4.69, 9.17) is 15.9 Å². The molecule has 0 spiro atoms. The van der Waals surface area contributed by atoms with Gasteiger partial charge in [-0.15, -0.1) is 0 Å². The highest BCUT2D eigenvalue weighted by atomic mass is 16.5. The Morgan fingerprint density at radius 3 is 2.94 bits per heavy atom. The highest BCUT2D eigenvalue weighted by Crippen LogP contribution is 2.04. The molecule has 0 radical (unpaired) electrons. The minimum Gasteiger partial charge on any atom is -0.386 e. The minimum absolute atomic E-state index is 0.00581. The van der Waals surface area contributed by atoms with Crippen LogP contribution >= 0.6 is 0 Å². The molecule has 6 heteroatoms. The lowest BCUT2D eigenvalue weighted by molar-refractivity contribution is 0.180.